The molecule has 10 heteroatoms. The third-order valence-electron chi connectivity index (χ3n) is 8.39. The Labute approximate surface area is 259 Å². The maximum atomic E-state index is 12.6. The zero-order valence-corrected chi connectivity index (χ0v) is 26.2. The molecule has 10 nitrogen and oxygen atoms in total. The topological polar surface area (TPSA) is 136 Å². The molecule has 0 aliphatic carbocycles. The second kappa shape index (κ2) is 15.1. The fourth-order valence-corrected chi connectivity index (χ4v) is 5.83. The lowest BCUT2D eigenvalue weighted by Gasteiger charge is -2.39. The molecule has 3 N–H and O–H groups in total. The molecule has 0 aromatic heterocycles. The summed E-state index contributed by atoms with van der Waals surface area (Å²) >= 11 is 0. The Balaban J connectivity index is 1.26. The van der Waals surface area contributed by atoms with Crippen LogP contribution in [0.4, 0.5) is 5.69 Å². The van der Waals surface area contributed by atoms with E-state index in [1.54, 1.807) is 13.0 Å². The summed E-state index contributed by atoms with van der Waals surface area (Å²) in [6, 6.07) is 9.16. The van der Waals surface area contributed by atoms with E-state index in [9.17, 15) is 19.5 Å². The van der Waals surface area contributed by atoms with Crippen LogP contribution in [0.25, 0.3) is 0 Å². The zero-order valence-electron chi connectivity index (χ0n) is 26.2. The van der Waals surface area contributed by atoms with Crippen LogP contribution in [0.15, 0.2) is 66.3 Å². The molecule has 0 bridgehead atoms. The van der Waals surface area contributed by atoms with Gasteiger partial charge < -0.3 is 34.7 Å². The summed E-state index contributed by atoms with van der Waals surface area (Å²) in [7, 11) is 0. The van der Waals surface area contributed by atoms with Gasteiger partial charge in [0, 0.05) is 25.1 Å². The highest BCUT2D eigenvalue weighted by Crippen LogP contribution is 2.43. The molecule has 1 spiro atoms. The van der Waals surface area contributed by atoms with Crippen molar-refractivity contribution in [1.29, 1.82) is 0 Å². The summed E-state index contributed by atoms with van der Waals surface area (Å²) < 4.78 is 23.1. The Morgan fingerprint density at radius 2 is 1.86 bits per heavy atom. The number of amides is 2. The second-order valence-corrected chi connectivity index (χ2v) is 12.3. The number of aliphatic hydroxyl groups excluding tert-OH is 1. The third kappa shape index (κ3) is 9.59. The maximum absolute atomic E-state index is 12.6. The SMILES string of the molecule is CC(=O)O[C@@H](C)/C=C\C(=O)N[C@@H]1C[C@H](C)[C@H](C/C=C(C)/C=C/[C@H]2O[C@H](CC(=O)Nc3ccccc3)C[C@@]3(CO3)[C@@H]2O)O[C@@H]1C. The van der Waals surface area contributed by atoms with Gasteiger partial charge in [0.15, 0.2) is 0 Å². The summed E-state index contributed by atoms with van der Waals surface area (Å²) in [4.78, 5) is 36.1. The highest BCUT2D eigenvalue weighted by atomic mass is 16.6. The van der Waals surface area contributed by atoms with Crippen LogP contribution in [0, 0.1) is 5.92 Å². The van der Waals surface area contributed by atoms with E-state index in [1.165, 1.54) is 13.0 Å². The van der Waals surface area contributed by atoms with E-state index in [4.69, 9.17) is 18.9 Å². The number of nitrogens with one attached hydrogen (secondary N) is 2. The number of benzene rings is 1. The molecule has 0 saturated carbocycles. The number of anilines is 1. The van der Waals surface area contributed by atoms with Crippen LogP contribution in [0.5, 0.6) is 0 Å². The number of allylic oxidation sites excluding steroid dienone is 2. The number of ether oxygens (including phenoxy) is 4. The highest BCUT2D eigenvalue weighted by molar-refractivity contribution is 5.91. The molecule has 0 unspecified atom stereocenters. The number of hydrogen-bond acceptors (Lipinski definition) is 8. The Bertz CT molecular complexity index is 1240. The molecule has 2 amide bonds. The first-order valence-electron chi connectivity index (χ1n) is 15.4. The van der Waals surface area contributed by atoms with Gasteiger partial charge in [-0.3, -0.25) is 14.4 Å². The molecule has 3 aliphatic rings. The van der Waals surface area contributed by atoms with Crippen LogP contribution in [-0.4, -0.2) is 77.8 Å². The molecule has 1 aromatic carbocycles. The predicted octanol–water partition coefficient (Wildman–Crippen LogP) is 4.00. The van der Waals surface area contributed by atoms with Gasteiger partial charge in [0.05, 0.1) is 37.4 Å². The van der Waals surface area contributed by atoms with Gasteiger partial charge in [-0.25, -0.2) is 0 Å². The van der Waals surface area contributed by atoms with E-state index in [2.05, 4.69) is 23.6 Å². The first-order chi connectivity index (χ1) is 20.9. The van der Waals surface area contributed by atoms with Crippen LogP contribution in [0.2, 0.25) is 0 Å². The van der Waals surface area contributed by atoms with Crippen LogP contribution in [0.3, 0.4) is 0 Å². The van der Waals surface area contributed by atoms with E-state index in [1.807, 2.05) is 56.3 Å². The predicted molar refractivity (Wildman–Crippen MR) is 166 cm³/mol. The van der Waals surface area contributed by atoms with E-state index < -0.39 is 29.9 Å². The van der Waals surface area contributed by atoms with Crippen molar-refractivity contribution in [2.75, 3.05) is 11.9 Å². The van der Waals surface area contributed by atoms with E-state index in [0.717, 1.165) is 17.7 Å². The smallest absolute Gasteiger partial charge is 0.303 e. The molecule has 3 heterocycles. The Kier molecular flexibility index (Phi) is 11.5. The third-order valence-corrected chi connectivity index (χ3v) is 8.39. The quantitative estimate of drug-likeness (QED) is 0.148. The Morgan fingerprint density at radius 1 is 1.14 bits per heavy atom. The minimum atomic E-state index is -0.811. The van der Waals surface area contributed by atoms with Gasteiger partial charge in [-0.1, -0.05) is 48.9 Å². The number of esters is 1. The van der Waals surface area contributed by atoms with Gasteiger partial charge in [0.2, 0.25) is 11.8 Å². The molecule has 1 aromatic rings. The molecule has 3 aliphatic heterocycles. The molecule has 0 radical (unpaired) electrons. The monoisotopic (exact) mass is 610 g/mol. The minimum absolute atomic E-state index is 0.00630. The molecular formula is C34H46N2O8. The largest absolute Gasteiger partial charge is 0.459 e. The lowest BCUT2D eigenvalue weighted by atomic mass is 9.87. The van der Waals surface area contributed by atoms with E-state index in [-0.39, 0.29) is 48.5 Å². The molecule has 3 fully saturated rings. The van der Waals surface area contributed by atoms with Crippen molar-refractivity contribution < 1.29 is 38.4 Å². The van der Waals surface area contributed by atoms with Crippen LogP contribution < -0.4 is 10.6 Å². The normalized spacial score (nSPS) is 32.9. The average Bonchev–Trinajstić information content (AvgIpc) is 3.74. The number of carbonyl (C=O) groups excluding carboxylic acids is 3. The van der Waals surface area contributed by atoms with Gasteiger partial charge in [-0.2, -0.15) is 0 Å². The Hall–Kier alpha value is -3.31. The van der Waals surface area contributed by atoms with Crippen LogP contribution >= 0.6 is 0 Å². The van der Waals surface area contributed by atoms with E-state index >= 15 is 0 Å². The van der Waals surface area contributed by atoms with Crippen molar-refractivity contribution in [3.05, 3.63) is 66.3 Å². The van der Waals surface area contributed by atoms with Crippen molar-refractivity contribution in [2.24, 2.45) is 5.92 Å². The average molecular weight is 611 g/mol. The van der Waals surface area contributed by atoms with Crippen molar-refractivity contribution >= 4 is 23.5 Å². The first-order valence-corrected chi connectivity index (χ1v) is 15.4. The van der Waals surface area contributed by atoms with Gasteiger partial charge in [0.1, 0.15) is 23.9 Å². The highest BCUT2D eigenvalue weighted by Gasteiger charge is 2.58. The number of hydrogen-bond donors (Lipinski definition) is 3. The first kappa shape index (κ1) is 33.6. The van der Waals surface area contributed by atoms with Gasteiger partial charge in [0.25, 0.3) is 0 Å². The summed E-state index contributed by atoms with van der Waals surface area (Å²) in [5.41, 5.74) is 1.07. The van der Waals surface area contributed by atoms with E-state index in [0.29, 0.717) is 19.4 Å². The lowest BCUT2D eigenvalue weighted by molar-refractivity contribution is -0.143. The van der Waals surface area contributed by atoms with Crippen molar-refractivity contribution in [2.45, 2.75) is 109 Å². The molecule has 3 saturated heterocycles. The summed E-state index contributed by atoms with van der Waals surface area (Å²) in [6.45, 7) is 9.54. The van der Waals surface area contributed by atoms with Gasteiger partial charge >= 0.3 is 5.97 Å². The number of para-hydroxylation sites is 1. The molecule has 9 atom stereocenters. The van der Waals surface area contributed by atoms with Crippen LogP contribution in [-0.2, 0) is 33.3 Å². The fraction of sp³-hybridized carbons (Fsp3) is 0.559. The molecule has 240 valence electrons. The second-order valence-electron chi connectivity index (χ2n) is 12.3. The minimum Gasteiger partial charge on any atom is -0.459 e. The number of carbonyl (C=O) groups is 3. The summed E-state index contributed by atoms with van der Waals surface area (Å²) in [5, 5.41) is 16.8. The van der Waals surface area contributed by atoms with Crippen LogP contribution in [0.1, 0.15) is 60.3 Å². The lowest BCUT2D eigenvalue weighted by Crippen LogP contribution is -2.50. The summed E-state index contributed by atoms with van der Waals surface area (Å²) in [5.74, 6) is -0.575. The number of rotatable bonds is 11. The van der Waals surface area contributed by atoms with Crippen molar-refractivity contribution in [3.63, 3.8) is 0 Å². The number of epoxide rings is 1. The van der Waals surface area contributed by atoms with Crippen molar-refractivity contribution in [3.8, 4) is 0 Å². The zero-order chi connectivity index (χ0) is 31.9. The van der Waals surface area contributed by atoms with Gasteiger partial charge in [-0.15, -0.1) is 0 Å². The summed E-state index contributed by atoms with van der Waals surface area (Å²) in [6.07, 6.45) is 8.51. The maximum Gasteiger partial charge on any atom is 0.303 e. The molecule has 4 rings (SSSR count). The molecular weight excluding hydrogens is 564 g/mol. The fourth-order valence-electron chi connectivity index (χ4n) is 5.83. The Morgan fingerprint density at radius 3 is 2.55 bits per heavy atom. The molecule has 44 heavy (non-hydrogen) atoms. The van der Waals surface area contributed by atoms with Gasteiger partial charge in [-0.05, 0) is 57.7 Å². The van der Waals surface area contributed by atoms with Crippen molar-refractivity contribution in [1.82, 2.24) is 5.32 Å². The standard InChI is InChI=1S/C34H46N2O8/c1-21(11-14-29-22(2)17-28(24(4)43-29)36-31(38)16-13-23(3)42-25(5)37)12-15-30-33(40)34(20-41-34)19-27(44-30)18-32(39)35-26-9-7-6-8-10-26/h6-13,15-16,22-24,27-30,33,40H,14,17-20H2,1-5H3,(H,35,39)(H,36,38)/b15-12+,16-13-,21-11+/t22-,23-,24+,27+,28+,29-,30+,33+,34+/m0/s1. The number of aliphatic hydroxyl groups is 1.